The van der Waals surface area contributed by atoms with Crippen LogP contribution in [0.1, 0.15) is 0 Å². The monoisotopic (exact) mass is 166 g/mol. The molecule has 0 spiro atoms. The first-order chi connectivity index (χ1) is 4.63. The van der Waals surface area contributed by atoms with Crippen LogP contribution in [0.3, 0.4) is 0 Å². The number of aliphatic carboxylic acids is 1. The summed E-state index contributed by atoms with van der Waals surface area (Å²) in [6.07, 6.45) is 1.95. The molecule has 0 aliphatic heterocycles. The molecule has 0 aromatic carbocycles. The Morgan fingerprint density at radius 2 is 2.30 bits per heavy atom. The van der Waals surface area contributed by atoms with Crippen molar-refractivity contribution in [1.29, 1.82) is 0 Å². The summed E-state index contributed by atoms with van der Waals surface area (Å²) in [4.78, 5) is 9.76. The molecule has 0 aromatic heterocycles. The highest BCUT2D eigenvalue weighted by atomic mass is 32.2. The van der Waals surface area contributed by atoms with E-state index < -0.39 is 17.3 Å². The highest BCUT2D eigenvalue weighted by Crippen LogP contribution is 1.80. The van der Waals surface area contributed by atoms with Crippen molar-refractivity contribution in [2.45, 2.75) is 0 Å². The third-order valence-electron chi connectivity index (χ3n) is 0.526. The maximum absolute atomic E-state index is 9.76. The lowest BCUT2D eigenvalue weighted by Crippen LogP contribution is -1.95. The lowest BCUT2D eigenvalue weighted by Gasteiger charge is -1.88. The molecule has 2 N–H and O–H groups in total. The molecule has 0 aliphatic rings. The minimum atomic E-state index is -2.32. The molecular formula is C4H6O5S. The molecule has 0 aromatic rings. The van der Waals surface area contributed by atoms with E-state index in [0.717, 1.165) is 12.2 Å². The van der Waals surface area contributed by atoms with Crippen LogP contribution >= 0.6 is 0 Å². The van der Waals surface area contributed by atoms with Gasteiger partial charge in [0.05, 0.1) is 6.61 Å². The van der Waals surface area contributed by atoms with Gasteiger partial charge in [-0.25, -0.2) is 4.79 Å². The van der Waals surface area contributed by atoms with Crippen LogP contribution in [0.5, 0.6) is 0 Å². The van der Waals surface area contributed by atoms with E-state index in [9.17, 15) is 9.00 Å². The fraction of sp³-hybridized carbons (Fsp3) is 0.250. The van der Waals surface area contributed by atoms with Gasteiger partial charge in [0, 0.05) is 6.08 Å². The van der Waals surface area contributed by atoms with Crippen LogP contribution in [0.2, 0.25) is 0 Å². The van der Waals surface area contributed by atoms with Crippen molar-refractivity contribution in [1.82, 2.24) is 0 Å². The average Bonchev–Trinajstić information content (AvgIpc) is 1.79. The standard InChI is InChI=1S/C4H6O5S/c5-4(6)2-1-3-9-10(7)8/h1-2H,3H2,(H,5,6)(H,7,8)/b2-1+. The van der Waals surface area contributed by atoms with Crippen molar-refractivity contribution in [3.05, 3.63) is 12.2 Å². The second-order valence-electron chi connectivity index (χ2n) is 1.24. The van der Waals surface area contributed by atoms with Crippen LogP contribution in [-0.4, -0.2) is 26.4 Å². The fourth-order valence-electron chi connectivity index (χ4n) is 0.246. The van der Waals surface area contributed by atoms with Gasteiger partial charge in [0.25, 0.3) is 0 Å². The summed E-state index contributed by atoms with van der Waals surface area (Å²) in [6, 6.07) is 0. The molecular weight excluding hydrogens is 160 g/mol. The summed E-state index contributed by atoms with van der Waals surface area (Å²) < 4.78 is 21.8. The number of hydrogen-bond acceptors (Lipinski definition) is 3. The van der Waals surface area contributed by atoms with Gasteiger partial charge in [0.15, 0.2) is 0 Å². The normalized spacial score (nSPS) is 13.7. The highest BCUT2D eigenvalue weighted by molar-refractivity contribution is 7.74. The molecule has 0 fully saturated rings. The summed E-state index contributed by atoms with van der Waals surface area (Å²) in [6.45, 7) is -0.185. The maximum atomic E-state index is 9.76. The highest BCUT2D eigenvalue weighted by Gasteiger charge is 1.89. The Morgan fingerprint density at radius 1 is 1.70 bits per heavy atom. The maximum Gasteiger partial charge on any atom is 0.328 e. The molecule has 0 radical (unpaired) electrons. The Labute approximate surface area is 59.8 Å². The van der Waals surface area contributed by atoms with Crippen molar-refractivity contribution in [3.63, 3.8) is 0 Å². The zero-order valence-corrected chi connectivity index (χ0v) is 5.71. The van der Waals surface area contributed by atoms with E-state index in [1.165, 1.54) is 0 Å². The van der Waals surface area contributed by atoms with Gasteiger partial charge in [0.2, 0.25) is 0 Å². The number of carboxylic acids is 1. The minimum absolute atomic E-state index is 0.185. The molecule has 0 saturated heterocycles. The van der Waals surface area contributed by atoms with Crippen LogP contribution in [0.15, 0.2) is 12.2 Å². The van der Waals surface area contributed by atoms with E-state index in [2.05, 4.69) is 4.18 Å². The van der Waals surface area contributed by atoms with Crippen molar-refractivity contribution in [2.24, 2.45) is 0 Å². The molecule has 0 aliphatic carbocycles. The minimum Gasteiger partial charge on any atom is -0.478 e. The lowest BCUT2D eigenvalue weighted by molar-refractivity contribution is -0.131. The first-order valence-corrected chi connectivity index (χ1v) is 3.29. The van der Waals surface area contributed by atoms with Crippen molar-refractivity contribution < 1.29 is 22.8 Å². The first-order valence-electron chi connectivity index (χ1n) is 2.26. The molecule has 58 valence electrons. The number of hydrogen-bond donors (Lipinski definition) is 2. The predicted octanol–water partition coefficient (Wildman–Crippen LogP) is -0.219. The molecule has 1 atom stereocenters. The number of rotatable bonds is 4. The fourth-order valence-corrected chi connectivity index (χ4v) is 0.441. The van der Waals surface area contributed by atoms with Crippen LogP contribution in [0, 0.1) is 0 Å². The van der Waals surface area contributed by atoms with Crippen molar-refractivity contribution >= 4 is 17.3 Å². The topological polar surface area (TPSA) is 83.8 Å². The van der Waals surface area contributed by atoms with E-state index in [1.54, 1.807) is 0 Å². The van der Waals surface area contributed by atoms with E-state index >= 15 is 0 Å². The summed E-state index contributed by atoms with van der Waals surface area (Å²) in [5, 5.41) is 8.00. The van der Waals surface area contributed by atoms with Crippen molar-refractivity contribution in [3.8, 4) is 0 Å². The van der Waals surface area contributed by atoms with Crippen LogP contribution in [0.25, 0.3) is 0 Å². The van der Waals surface area contributed by atoms with Crippen molar-refractivity contribution in [2.75, 3.05) is 6.61 Å². The van der Waals surface area contributed by atoms with Crippen LogP contribution in [-0.2, 0) is 20.3 Å². The summed E-state index contributed by atoms with van der Waals surface area (Å²) in [5.74, 6) is -1.12. The molecule has 0 heterocycles. The van der Waals surface area contributed by atoms with Crippen LogP contribution < -0.4 is 0 Å². The molecule has 6 heteroatoms. The Hall–Kier alpha value is -0.720. The smallest absolute Gasteiger partial charge is 0.328 e. The molecule has 0 bridgehead atoms. The summed E-state index contributed by atoms with van der Waals surface area (Å²) in [7, 11) is 0. The zero-order chi connectivity index (χ0) is 7.98. The zero-order valence-electron chi connectivity index (χ0n) is 4.89. The van der Waals surface area contributed by atoms with Gasteiger partial charge < -0.3 is 5.11 Å². The van der Waals surface area contributed by atoms with Gasteiger partial charge >= 0.3 is 17.3 Å². The van der Waals surface area contributed by atoms with E-state index in [-0.39, 0.29) is 6.61 Å². The third-order valence-corrected chi connectivity index (χ3v) is 0.863. The Morgan fingerprint density at radius 3 is 2.70 bits per heavy atom. The molecule has 1 unspecified atom stereocenters. The second kappa shape index (κ2) is 5.10. The van der Waals surface area contributed by atoms with Gasteiger partial charge in [-0.2, -0.15) is 4.21 Å². The molecule has 10 heavy (non-hydrogen) atoms. The second-order valence-corrected chi connectivity index (χ2v) is 1.91. The Bertz CT molecular complexity index is 163. The van der Waals surface area contributed by atoms with Gasteiger partial charge in [0.1, 0.15) is 0 Å². The summed E-state index contributed by atoms with van der Waals surface area (Å²) >= 11 is -2.32. The van der Waals surface area contributed by atoms with E-state index in [4.69, 9.17) is 9.66 Å². The molecule has 0 saturated carbocycles. The first kappa shape index (κ1) is 9.28. The molecule has 5 nitrogen and oxygen atoms in total. The number of carboxylic acid groups (broad SMARTS) is 1. The molecule has 0 rings (SSSR count). The largest absolute Gasteiger partial charge is 0.478 e. The van der Waals surface area contributed by atoms with Gasteiger partial charge in [-0.3, -0.25) is 8.74 Å². The average molecular weight is 166 g/mol. The van der Waals surface area contributed by atoms with E-state index in [1.807, 2.05) is 0 Å². The third kappa shape index (κ3) is 7.28. The lowest BCUT2D eigenvalue weighted by atomic mass is 10.5. The Kier molecular flexibility index (Phi) is 4.73. The van der Waals surface area contributed by atoms with E-state index in [0.29, 0.717) is 0 Å². The molecule has 0 amide bonds. The van der Waals surface area contributed by atoms with Gasteiger partial charge in [-0.15, -0.1) is 0 Å². The predicted molar refractivity (Wildman–Crippen MR) is 33.5 cm³/mol. The summed E-state index contributed by atoms with van der Waals surface area (Å²) in [5.41, 5.74) is 0. The quantitative estimate of drug-likeness (QED) is 0.445. The van der Waals surface area contributed by atoms with Crippen LogP contribution in [0.4, 0.5) is 0 Å². The number of carbonyl (C=O) groups is 1. The van der Waals surface area contributed by atoms with Gasteiger partial charge in [-0.1, -0.05) is 6.08 Å². The Balaban J connectivity index is 3.36. The SMILES string of the molecule is O=C(O)/C=C/COS(=O)O. The van der Waals surface area contributed by atoms with Gasteiger partial charge in [-0.05, 0) is 0 Å².